The molecule has 1 unspecified atom stereocenters. The molecule has 0 spiro atoms. The minimum Gasteiger partial charge on any atom is -0.386 e. The molecule has 0 amide bonds. The van der Waals surface area contributed by atoms with Crippen molar-refractivity contribution in [3.8, 4) is 0 Å². The number of aliphatic hydroxyl groups excluding tert-OH is 1. The van der Waals surface area contributed by atoms with Crippen LogP contribution in [0.15, 0.2) is 64.3 Å². The Morgan fingerprint density at radius 1 is 1.10 bits per heavy atom. The van der Waals surface area contributed by atoms with Gasteiger partial charge in [-0.25, -0.2) is 4.79 Å². The van der Waals surface area contributed by atoms with E-state index in [9.17, 15) is 19.8 Å². The molecule has 0 radical (unpaired) electrons. The van der Waals surface area contributed by atoms with Crippen molar-refractivity contribution < 1.29 is 14.9 Å². The Balaban J connectivity index is 1.79. The van der Waals surface area contributed by atoms with Crippen LogP contribution in [-0.2, 0) is 10.3 Å². The Hall–Kier alpha value is -2.27. The highest BCUT2D eigenvalue weighted by Crippen LogP contribution is 2.47. The minimum absolute atomic E-state index is 0.0334. The van der Waals surface area contributed by atoms with Crippen LogP contribution in [0.25, 0.3) is 0 Å². The molecule has 162 valence electrons. The number of aryl methyl sites for hydroxylation is 2. The lowest BCUT2D eigenvalue weighted by molar-refractivity contribution is -0.122. The van der Waals surface area contributed by atoms with Crippen molar-refractivity contribution in [1.29, 1.82) is 0 Å². The number of aromatic amines is 1. The van der Waals surface area contributed by atoms with Crippen molar-refractivity contribution in [2.75, 3.05) is 0 Å². The molecule has 4 rings (SSSR count). The highest BCUT2D eigenvalue weighted by molar-refractivity contribution is 14.1. The number of aromatic nitrogens is 2. The summed E-state index contributed by atoms with van der Waals surface area (Å²) in [5.74, 6) is 0. The third-order valence-electron chi connectivity index (χ3n) is 5.75. The number of nitrogens with one attached hydrogen (secondary N) is 1. The van der Waals surface area contributed by atoms with Gasteiger partial charge in [0.25, 0.3) is 5.56 Å². The predicted molar refractivity (Wildman–Crippen MR) is 124 cm³/mol. The SMILES string of the molecule is Cc1ccc(C(O)[C@H]2O[C@@H](n3cc(I)c(=O)[nH]c3=O)C[C@@]2(O)c2ccc(C)cc2)cc1. The largest absolute Gasteiger partial charge is 0.386 e. The number of aliphatic hydroxyl groups is 2. The topological polar surface area (TPSA) is 105 Å². The highest BCUT2D eigenvalue weighted by atomic mass is 127. The molecule has 1 aliphatic rings. The van der Waals surface area contributed by atoms with Gasteiger partial charge >= 0.3 is 5.69 Å². The van der Waals surface area contributed by atoms with Gasteiger partial charge in [-0.15, -0.1) is 0 Å². The van der Waals surface area contributed by atoms with Crippen molar-refractivity contribution >= 4 is 22.6 Å². The van der Waals surface area contributed by atoms with E-state index in [-0.39, 0.29) is 6.42 Å². The molecule has 1 aliphatic heterocycles. The molecule has 8 heteroatoms. The first kappa shape index (κ1) is 21.9. The number of ether oxygens (including phenoxy) is 1. The zero-order valence-electron chi connectivity index (χ0n) is 17.1. The van der Waals surface area contributed by atoms with Gasteiger partial charge in [-0.05, 0) is 47.6 Å². The van der Waals surface area contributed by atoms with Crippen molar-refractivity contribution in [1.82, 2.24) is 9.55 Å². The number of rotatable bonds is 4. The van der Waals surface area contributed by atoms with Gasteiger partial charge in [-0.3, -0.25) is 14.3 Å². The summed E-state index contributed by atoms with van der Waals surface area (Å²) in [6, 6.07) is 14.7. The van der Waals surface area contributed by atoms with Crippen LogP contribution in [0.5, 0.6) is 0 Å². The van der Waals surface area contributed by atoms with Gasteiger partial charge in [0, 0.05) is 12.6 Å². The van der Waals surface area contributed by atoms with Gasteiger partial charge in [0.2, 0.25) is 0 Å². The van der Waals surface area contributed by atoms with Crippen LogP contribution in [0.4, 0.5) is 0 Å². The van der Waals surface area contributed by atoms with Crippen LogP contribution < -0.4 is 11.2 Å². The van der Waals surface area contributed by atoms with Crippen molar-refractivity contribution in [3.05, 3.63) is 101 Å². The third-order valence-corrected chi connectivity index (χ3v) is 6.52. The van der Waals surface area contributed by atoms with Gasteiger partial charge in [-0.2, -0.15) is 0 Å². The van der Waals surface area contributed by atoms with E-state index in [0.717, 1.165) is 11.1 Å². The van der Waals surface area contributed by atoms with Crippen LogP contribution in [0, 0.1) is 17.4 Å². The molecule has 1 fully saturated rings. The van der Waals surface area contributed by atoms with Crippen LogP contribution in [0.1, 0.15) is 41.0 Å². The van der Waals surface area contributed by atoms with Crippen molar-refractivity contribution in [2.24, 2.45) is 0 Å². The molecule has 1 saturated heterocycles. The van der Waals surface area contributed by atoms with Gasteiger partial charge in [-0.1, -0.05) is 59.7 Å². The molecule has 1 aromatic heterocycles. The smallest absolute Gasteiger partial charge is 0.330 e. The van der Waals surface area contributed by atoms with E-state index in [0.29, 0.717) is 14.7 Å². The Bertz CT molecular complexity index is 1200. The molecule has 4 atom stereocenters. The van der Waals surface area contributed by atoms with Gasteiger partial charge < -0.3 is 14.9 Å². The molecule has 7 nitrogen and oxygen atoms in total. The summed E-state index contributed by atoms with van der Waals surface area (Å²) in [5.41, 5.74) is 0.601. The maximum absolute atomic E-state index is 12.4. The number of H-pyrrole nitrogens is 1. The molecular weight excluding hydrogens is 511 g/mol. The molecular formula is C23H23IN2O5. The van der Waals surface area contributed by atoms with E-state index in [4.69, 9.17) is 4.74 Å². The van der Waals surface area contributed by atoms with Gasteiger partial charge in [0.1, 0.15) is 24.0 Å². The summed E-state index contributed by atoms with van der Waals surface area (Å²) in [6.45, 7) is 3.90. The van der Waals surface area contributed by atoms with Crippen LogP contribution in [0.3, 0.4) is 0 Å². The number of nitrogens with zero attached hydrogens (tertiary/aromatic N) is 1. The Morgan fingerprint density at radius 3 is 2.29 bits per heavy atom. The Morgan fingerprint density at radius 2 is 1.68 bits per heavy atom. The lowest BCUT2D eigenvalue weighted by Crippen LogP contribution is -2.39. The predicted octanol–water partition coefficient (Wildman–Crippen LogP) is 2.67. The quantitative estimate of drug-likeness (QED) is 0.447. The second-order valence-electron chi connectivity index (χ2n) is 8.00. The summed E-state index contributed by atoms with van der Waals surface area (Å²) in [4.78, 5) is 26.5. The standard InChI is InChI=1S/C23H23IN2O5/c1-13-3-7-15(8-4-13)19(27)20-23(30,16-9-5-14(2)6-10-16)11-18(31-20)26-12-17(24)21(28)25-22(26)29/h3-10,12,18-20,27,30H,11H2,1-2H3,(H,25,28,29)/t18-,19?,20-,23-/m1/s1. The molecule has 0 saturated carbocycles. The number of benzene rings is 2. The average molecular weight is 534 g/mol. The lowest BCUT2D eigenvalue weighted by atomic mass is 9.82. The summed E-state index contributed by atoms with van der Waals surface area (Å²) in [6.07, 6.45) is -1.59. The second kappa shape index (κ2) is 8.34. The maximum atomic E-state index is 12.4. The molecule has 0 aliphatic carbocycles. The summed E-state index contributed by atoms with van der Waals surface area (Å²) < 4.78 is 7.68. The van der Waals surface area contributed by atoms with Crippen LogP contribution in [-0.4, -0.2) is 25.9 Å². The molecule has 31 heavy (non-hydrogen) atoms. The molecule has 2 aromatic carbocycles. The first-order valence-corrected chi connectivity index (χ1v) is 11.0. The maximum Gasteiger partial charge on any atom is 0.330 e. The Labute approximate surface area is 192 Å². The van der Waals surface area contributed by atoms with E-state index in [1.165, 1.54) is 10.8 Å². The fourth-order valence-corrected chi connectivity index (χ4v) is 4.38. The molecule has 2 heterocycles. The summed E-state index contributed by atoms with van der Waals surface area (Å²) >= 11 is 1.84. The molecule has 3 N–H and O–H groups in total. The van der Waals surface area contributed by atoms with E-state index in [1.807, 2.05) is 60.7 Å². The normalized spacial score (nSPS) is 24.3. The summed E-state index contributed by atoms with van der Waals surface area (Å²) in [5, 5.41) is 22.9. The Kier molecular flexibility index (Phi) is 5.91. The van der Waals surface area contributed by atoms with E-state index in [1.54, 1.807) is 24.3 Å². The molecule has 3 aromatic rings. The zero-order valence-corrected chi connectivity index (χ0v) is 19.2. The summed E-state index contributed by atoms with van der Waals surface area (Å²) in [7, 11) is 0. The molecule has 0 bridgehead atoms. The first-order chi connectivity index (χ1) is 14.7. The number of halogens is 1. The number of hydrogen-bond donors (Lipinski definition) is 3. The fourth-order valence-electron chi connectivity index (χ4n) is 3.95. The van der Waals surface area contributed by atoms with E-state index < -0.39 is 35.3 Å². The average Bonchev–Trinajstić information content (AvgIpc) is 3.09. The zero-order chi connectivity index (χ0) is 22.3. The first-order valence-electron chi connectivity index (χ1n) is 9.89. The number of hydrogen-bond acceptors (Lipinski definition) is 5. The van der Waals surface area contributed by atoms with E-state index >= 15 is 0 Å². The second-order valence-corrected chi connectivity index (χ2v) is 9.17. The van der Waals surface area contributed by atoms with Crippen molar-refractivity contribution in [3.63, 3.8) is 0 Å². The third kappa shape index (κ3) is 4.12. The minimum atomic E-state index is -1.55. The van der Waals surface area contributed by atoms with Crippen LogP contribution in [0.2, 0.25) is 0 Å². The fraction of sp³-hybridized carbons (Fsp3) is 0.304. The lowest BCUT2D eigenvalue weighted by Gasteiger charge is -2.32. The van der Waals surface area contributed by atoms with Gasteiger partial charge in [0.15, 0.2) is 0 Å². The van der Waals surface area contributed by atoms with E-state index in [2.05, 4.69) is 4.98 Å². The monoisotopic (exact) mass is 534 g/mol. The van der Waals surface area contributed by atoms with Crippen LogP contribution >= 0.6 is 22.6 Å². The highest BCUT2D eigenvalue weighted by Gasteiger charge is 2.52. The van der Waals surface area contributed by atoms with Crippen molar-refractivity contribution in [2.45, 2.75) is 44.3 Å². The van der Waals surface area contributed by atoms with Gasteiger partial charge in [0.05, 0.1) is 3.57 Å².